The Balaban J connectivity index is 1.29. The van der Waals surface area contributed by atoms with Crippen LogP contribution >= 0.6 is 0 Å². The van der Waals surface area contributed by atoms with Crippen molar-refractivity contribution in [1.82, 2.24) is 0 Å². The average Bonchev–Trinajstić information content (AvgIpc) is 3.43. The maximum atomic E-state index is 13.8. The van der Waals surface area contributed by atoms with Gasteiger partial charge >= 0.3 is 29.2 Å². The molecule has 0 N–H and O–H groups in total. The van der Waals surface area contributed by atoms with Crippen molar-refractivity contribution in [1.29, 1.82) is 0 Å². The highest BCUT2D eigenvalue weighted by Crippen LogP contribution is 2.57. The molecule has 0 saturated carbocycles. The molecule has 60 heavy (non-hydrogen) atoms. The standard InChI is InChI=1S/C48H60O8Si4/c1-34-27-29-38(32-45(34)51-36(3)49)48(42-24-16-14-22-40(42)41-23-15-17-25-43(41)48)39-30-28-35(2)46(33-39)53-47(50)52-44-26-18-13-20-37(44)21-19-31-60(12,55-58(7,8)9)56-59(10,11)54-57(4,5)6/h13-18,20,22-30,32-33H,19,21,31H2,1-12H3. The minimum absolute atomic E-state index is 0.387. The molecular formula is C48H60O8Si4. The van der Waals surface area contributed by atoms with Crippen LogP contribution in [0.2, 0.25) is 65.0 Å². The number of aryl methyl sites for hydroxylation is 3. The summed E-state index contributed by atoms with van der Waals surface area (Å²) in [6, 6.07) is 37.2. The van der Waals surface area contributed by atoms with Gasteiger partial charge in [-0.3, -0.25) is 4.79 Å². The van der Waals surface area contributed by atoms with Crippen LogP contribution in [0.25, 0.3) is 11.1 Å². The zero-order valence-corrected chi connectivity index (χ0v) is 41.3. The first-order valence-electron chi connectivity index (χ1n) is 20.8. The van der Waals surface area contributed by atoms with E-state index in [1.54, 1.807) is 0 Å². The van der Waals surface area contributed by atoms with E-state index in [0.29, 0.717) is 23.7 Å². The number of rotatable bonds is 15. The molecule has 1 aliphatic rings. The maximum absolute atomic E-state index is 13.8. The van der Waals surface area contributed by atoms with Crippen LogP contribution in [0.1, 0.15) is 52.3 Å². The summed E-state index contributed by atoms with van der Waals surface area (Å²) in [4.78, 5) is 26.0. The highest BCUT2D eigenvalue weighted by molar-refractivity contribution is 6.89. The second kappa shape index (κ2) is 17.5. The summed E-state index contributed by atoms with van der Waals surface area (Å²) in [6.45, 7) is 24.9. The molecule has 0 radical (unpaired) electrons. The molecule has 1 atom stereocenters. The molecule has 0 spiro atoms. The SMILES string of the molecule is CC(=O)Oc1cc(C2(c3ccc(C)c(OC(=O)Oc4ccccc4CCC[Si](C)(O[Si](C)(C)C)O[Si](C)(C)O[Si](C)(C)C)c3)c3ccccc3-c3ccccc32)ccc1C. The van der Waals surface area contributed by atoms with Crippen molar-refractivity contribution < 1.29 is 36.1 Å². The van der Waals surface area contributed by atoms with Gasteiger partial charge in [-0.1, -0.05) is 91.0 Å². The quantitative estimate of drug-likeness (QED) is 0.0436. The summed E-state index contributed by atoms with van der Waals surface area (Å²) >= 11 is 0. The van der Waals surface area contributed by atoms with Crippen molar-refractivity contribution in [3.63, 3.8) is 0 Å². The minimum Gasteiger partial charge on any atom is -0.437 e. The Hall–Kier alpha value is -4.41. The average molecular weight is 877 g/mol. The highest BCUT2D eigenvalue weighted by atomic mass is 28.5. The van der Waals surface area contributed by atoms with Gasteiger partial charge in [-0.05, 0) is 160 Å². The van der Waals surface area contributed by atoms with E-state index in [1.807, 2.05) is 86.6 Å². The first-order chi connectivity index (χ1) is 28.1. The van der Waals surface area contributed by atoms with Crippen LogP contribution in [0.15, 0.2) is 109 Å². The lowest BCUT2D eigenvalue weighted by atomic mass is 9.67. The molecule has 6 rings (SSSR count). The van der Waals surface area contributed by atoms with Gasteiger partial charge in [-0.2, -0.15) is 0 Å². The Morgan fingerprint density at radius 3 is 1.57 bits per heavy atom. The van der Waals surface area contributed by atoms with E-state index >= 15 is 0 Å². The molecule has 0 bridgehead atoms. The Morgan fingerprint density at radius 1 is 0.550 bits per heavy atom. The number of hydrogen-bond acceptors (Lipinski definition) is 8. The first kappa shape index (κ1) is 45.1. The number of esters is 1. The number of hydrogen-bond donors (Lipinski definition) is 0. The van der Waals surface area contributed by atoms with E-state index in [1.165, 1.54) is 6.92 Å². The van der Waals surface area contributed by atoms with Crippen LogP contribution in [0.5, 0.6) is 17.2 Å². The van der Waals surface area contributed by atoms with Gasteiger partial charge in [-0.25, -0.2) is 4.79 Å². The van der Waals surface area contributed by atoms with Gasteiger partial charge in [0.1, 0.15) is 17.2 Å². The van der Waals surface area contributed by atoms with Gasteiger partial charge < -0.3 is 26.6 Å². The number of carbonyl (C=O) groups is 2. The lowest BCUT2D eigenvalue weighted by Gasteiger charge is -2.41. The molecular weight excluding hydrogens is 817 g/mol. The zero-order chi connectivity index (χ0) is 43.7. The largest absolute Gasteiger partial charge is 0.519 e. The molecule has 0 heterocycles. The van der Waals surface area contributed by atoms with Crippen LogP contribution in [0.4, 0.5) is 4.79 Å². The maximum Gasteiger partial charge on any atom is 0.519 e. The van der Waals surface area contributed by atoms with Crippen molar-refractivity contribution in [2.24, 2.45) is 0 Å². The molecule has 316 valence electrons. The Kier molecular flexibility index (Phi) is 13.2. The predicted molar refractivity (Wildman–Crippen MR) is 250 cm³/mol. The second-order valence-electron chi connectivity index (χ2n) is 18.4. The van der Waals surface area contributed by atoms with Crippen LogP contribution in [-0.4, -0.2) is 45.9 Å². The highest BCUT2D eigenvalue weighted by Gasteiger charge is 2.47. The minimum atomic E-state index is -2.62. The fourth-order valence-electron chi connectivity index (χ4n) is 8.72. The molecule has 1 aliphatic carbocycles. The van der Waals surface area contributed by atoms with Gasteiger partial charge in [-0.15, -0.1) is 0 Å². The van der Waals surface area contributed by atoms with E-state index in [2.05, 4.69) is 95.3 Å². The third kappa shape index (κ3) is 10.4. The van der Waals surface area contributed by atoms with Crippen molar-refractivity contribution in [3.05, 3.63) is 148 Å². The number of para-hydroxylation sites is 1. The van der Waals surface area contributed by atoms with Crippen LogP contribution in [0, 0.1) is 13.8 Å². The smallest absolute Gasteiger partial charge is 0.437 e. The van der Waals surface area contributed by atoms with E-state index in [4.69, 9.17) is 26.6 Å². The third-order valence-electron chi connectivity index (χ3n) is 10.4. The van der Waals surface area contributed by atoms with Gasteiger partial charge in [0, 0.05) is 6.92 Å². The van der Waals surface area contributed by atoms with Gasteiger partial charge in [0.05, 0.1) is 5.41 Å². The number of fused-ring (bicyclic) bond motifs is 3. The number of carbonyl (C=O) groups excluding carboxylic acids is 2. The molecule has 0 fully saturated rings. The topological polar surface area (TPSA) is 89.5 Å². The van der Waals surface area contributed by atoms with E-state index in [0.717, 1.165) is 62.5 Å². The summed E-state index contributed by atoms with van der Waals surface area (Å²) in [5.74, 6) is 0.952. The molecule has 8 nitrogen and oxygen atoms in total. The molecule has 0 saturated heterocycles. The zero-order valence-electron chi connectivity index (χ0n) is 37.3. The summed E-state index contributed by atoms with van der Waals surface area (Å²) < 4.78 is 38.1. The molecule has 0 aromatic heterocycles. The molecule has 0 aliphatic heterocycles. The fourth-order valence-corrected chi connectivity index (χ4v) is 26.7. The van der Waals surface area contributed by atoms with Gasteiger partial charge in [0.15, 0.2) is 16.6 Å². The second-order valence-corrected chi connectivity index (χ2v) is 34.8. The lowest BCUT2D eigenvalue weighted by molar-refractivity contribution is -0.131. The fraction of sp³-hybridized carbons (Fsp3) is 0.333. The summed E-state index contributed by atoms with van der Waals surface area (Å²) in [6.07, 6.45) is 0.644. The Bertz CT molecular complexity index is 2340. The van der Waals surface area contributed by atoms with Crippen molar-refractivity contribution in [2.75, 3.05) is 0 Å². The Labute approximate surface area is 360 Å². The van der Waals surface area contributed by atoms with E-state index < -0.39 is 45.3 Å². The Morgan fingerprint density at radius 2 is 1.03 bits per heavy atom. The van der Waals surface area contributed by atoms with Crippen LogP contribution in [0.3, 0.4) is 0 Å². The molecule has 12 heteroatoms. The van der Waals surface area contributed by atoms with Crippen molar-refractivity contribution in [2.45, 2.75) is 104 Å². The lowest BCUT2D eigenvalue weighted by Crippen LogP contribution is -2.56. The van der Waals surface area contributed by atoms with Gasteiger partial charge in [0.2, 0.25) is 0 Å². The van der Waals surface area contributed by atoms with Crippen LogP contribution in [-0.2, 0) is 29.0 Å². The molecule has 5 aromatic carbocycles. The van der Waals surface area contributed by atoms with Crippen molar-refractivity contribution >= 4 is 45.9 Å². The summed E-state index contributed by atoms with van der Waals surface area (Å²) in [5, 5.41) is 0. The summed E-state index contributed by atoms with van der Waals surface area (Å²) in [7, 11) is -8.81. The number of benzene rings is 5. The van der Waals surface area contributed by atoms with E-state index in [9.17, 15) is 9.59 Å². The number of ether oxygens (including phenoxy) is 3. The first-order valence-corrected chi connectivity index (χ1v) is 32.9. The summed E-state index contributed by atoms with van der Waals surface area (Å²) in [5.41, 5.74) is 7.88. The van der Waals surface area contributed by atoms with Crippen molar-refractivity contribution in [3.8, 4) is 28.4 Å². The molecule has 5 aromatic rings. The van der Waals surface area contributed by atoms with E-state index in [-0.39, 0.29) is 5.97 Å². The normalized spacial score (nSPS) is 14.5. The molecule has 1 unspecified atom stereocenters. The predicted octanol–water partition coefficient (Wildman–Crippen LogP) is 12.6. The third-order valence-corrected chi connectivity index (χ3v) is 24.0. The van der Waals surface area contributed by atoms with Crippen LogP contribution < -0.4 is 14.2 Å². The monoisotopic (exact) mass is 876 g/mol. The molecule has 0 amide bonds. The van der Waals surface area contributed by atoms with Gasteiger partial charge in [0.25, 0.3) is 0 Å².